The molecule has 0 aliphatic heterocycles. The fourth-order valence-electron chi connectivity index (χ4n) is 2.74. The van der Waals surface area contributed by atoms with Crippen LogP contribution in [-0.2, 0) is 0 Å². The average Bonchev–Trinajstić information content (AvgIpc) is 2.80. The van der Waals surface area contributed by atoms with Gasteiger partial charge in [0, 0.05) is 22.2 Å². The maximum atomic E-state index is 6.10. The monoisotopic (exact) mass is 291 g/mol. The molecule has 0 bridgehead atoms. The van der Waals surface area contributed by atoms with Crippen LogP contribution in [-0.4, -0.2) is 10.2 Å². The molecule has 3 N–H and O–H groups in total. The maximum Gasteiger partial charge on any atom is 0.153 e. The Labute approximate surface area is 125 Å². The molecule has 4 heteroatoms. The van der Waals surface area contributed by atoms with Gasteiger partial charge in [0.15, 0.2) is 5.82 Å². The van der Waals surface area contributed by atoms with Gasteiger partial charge in [0.05, 0.1) is 0 Å². The third-order valence-electron chi connectivity index (χ3n) is 3.62. The maximum absolute atomic E-state index is 6.10. The Morgan fingerprint density at radius 1 is 1.25 bits per heavy atom. The number of nitrogen functional groups attached to an aromatic ring is 1. The lowest BCUT2D eigenvalue weighted by Gasteiger charge is -2.16. The van der Waals surface area contributed by atoms with E-state index in [1.54, 1.807) is 0 Å². The highest BCUT2D eigenvalue weighted by atomic mass is 35.5. The van der Waals surface area contributed by atoms with Gasteiger partial charge in [-0.05, 0) is 30.5 Å². The van der Waals surface area contributed by atoms with E-state index in [0.717, 1.165) is 47.5 Å². The van der Waals surface area contributed by atoms with Gasteiger partial charge in [-0.1, -0.05) is 50.4 Å². The number of aromatic nitrogens is 2. The second-order valence-corrected chi connectivity index (χ2v) is 5.62. The number of halogens is 1. The lowest BCUT2D eigenvalue weighted by molar-refractivity contribution is 0.548. The van der Waals surface area contributed by atoms with E-state index in [9.17, 15) is 0 Å². The van der Waals surface area contributed by atoms with Crippen LogP contribution in [0.15, 0.2) is 24.3 Å². The Morgan fingerprint density at radius 2 is 1.95 bits per heavy atom. The van der Waals surface area contributed by atoms with Crippen LogP contribution in [0.1, 0.15) is 51.1 Å². The van der Waals surface area contributed by atoms with Gasteiger partial charge in [0.1, 0.15) is 0 Å². The number of aromatic amines is 1. The third kappa shape index (κ3) is 3.15. The molecule has 0 spiro atoms. The van der Waals surface area contributed by atoms with Crippen molar-refractivity contribution in [2.75, 3.05) is 5.73 Å². The van der Waals surface area contributed by atoms with Crippen LogP contribution in [0.5, 0.6) is 0 Å². The molecule has 1 heterocycles. The van der Waals surface area contributed by atoms with E-state index in [0.29, 0.717) is 11.7 Å². The number of anilines is 1. The van der Waals surface area contributed by atoms with Crippen LogP contribution in [0.4, 0.5) is 5.82 Å². The van der Waals surface area contributed by atoms with Crippen molar-refractivity contribution in [1.29, 1.82) is 0 Å². The predicted molar refractivity (Wildman–Crippen MR) is 86.0 cm³/mol. The second kappa shape index (κ2) is 6.80. The lowest BCUT2D eigenvalue weighted by Crippen LogP contribution is -2.01. The smallest absolute Gasteiger partial charge is 0.153 e. The van der Waals surface area contributed by atoms with Crippen molar-refractivity contribution in [2.24, 2.45) is 0 Å². The number of hydrogen-bond donors (Lipinski definition) is 2. The summed E-state index contributed by atoms with van der Waals surface area (Å²) in [6.45, 7) is 4.42. The van der Waals surface area contributed by atoms with Gasteiger partial charge in [0.25, 0.3) is 0 Å². The van der Waals surface area contributed by atoms with E-state index >= 15 is 0 Å². The molecule has 0 fully saturated rings. The van der Waals surface area contributed by atoms with Crippen molar-refractivity contribution in [1.82, 2.24) is 10.2 Å². The molecule has 0 saturated carbocycles. The van der Waals surface area contributed by atoms with E-state index < -0.39 is 0 Å². The number of H-pyrrole nitrogens is 1. The van der Waals surface area contributed by atoms with Crippen LogP contribution in [0.3, 0.4) is 0 Å². The molecule has 3 nitrogen and oxygen atoms in total. The van der Waals surface area contributed by atoms with Gasteiger partial charge in [-0.25, -0.2) is 0 Å². The molecule has 0 radical (unpaired) electrons. The van der Waals surface area contributed by atoms with Crippen LogP contribution in [0.25, 0.3) is 11.1 Å². The molecule has 108 valence electrons. The van der Waals surface area contributed by atoms with Gasteiger partial charge in [0.2, 0.25) is 0 Å². The molecular formula is C16H22ClN3. The van der Waals surface area contributed by atoms with Gasteiger partial charge in [-0.15, -0.1) is 0 Å². The number of rotatable bonds is 6. The summed E-state index contributed by atoms with van der Waals surface area (Å²) in [5.41, 5.74) is 9.27. The normalized spacial score (nSPS) is 11.2. The Hall–Kier alpha value is -1.48. The first-order valence-corrected chi connectivity index (χ1v) is 7.64. The minimum Gasteiger partial charge on any atom is -0.382 e. The number of benzene rings is 1. The molecule has 0 saturated heterocycles. The molecule has 0 unspecified atom stereocenters. The molecule has 1 aromatic heterocycles. The zero-order chi connectivity index (χ0) is 14.5. The van der Waals surface area contributed by atoms with Gasteiger partial charge < -0.3 is 5.73 Å². The number of nitrogens with one attached hydrogen (secondary N) is 1. The Kier molecular flexibility index (Phi) is 5.07. The molecule has 2 rings (SSSR count). The molecule has 1 aromatic carbocycles. The van der Waals surface area contributed by atoms with E-state index in [4.69, 9.17) is 17.3 Å². The highest BCUT2D eigenvalue weighted by Crippen LogP contribution is 2.37. The lowest BCUT2D eigenvalue weighted by atomic mass is 9.90. The Balaban J connectivity index is 2.45. The largest absolute Gasteiger partial charge is 0.382 e. The topological polar surface area (TPSA) is 54.7 Å². The van der Waals surface area contributed by atoms with Gasteiger partial charge in [-0.2, -0.15) is 5.10 Å². The molecule has 0 aliphatic rings. The van der Waals surface area contributed by atoms with Crippen molar-refractivity contribution in [3.8, 4) is 11.1 Å². The number of nitrogens with two attached hydrogens (primary N) is 1. The van der Waals surface area contributed by atoms with E-state index in [2.05, 4.69) is 24.0 Å². The average molecular weight is 292 g/mol. The minimum absolute atomic E-state index is 0.476. The second-order valence-electron chi connectivity index (χ2n) is 5.18. The van der Waals surface area contributed by atoms with Crippen LogP contribution >= 0.6 is 11.6 Å². The van der Waals surface area contributed by atoms with Crippen molar-refractivity contribution in [3.63, 3.8) is 0 Å². The minimum atomic E-state index is 0.476. The molecule has 0 amide bonds. The SMILES string of the molecule is CCCC(CCC)c1[nH]nc(N)c1-c1cccc(Cl)c1. The fraction of sp³-hybridized carbons (Fsp3) is 0.438. The quantitative estimate of drug-likeness (QED) is 0.787. The molecule has 2 aromatic rings. The van der Waals surface area contributed by atoms with Crippen molar-refractivity contribution in [2.45, 2.75) is 45.4 Å². The fourth-order valence-corrected chi connectivity index (χ4v) is 2.93. The summed E-state index contributed by atoms with van der Waals surface area (Å²) in [6, 6.07) is 7.80. The van der Waals surface area contributed by atoms with Crippen LogP contribution in [0.2, 0.25) is 5.02 Å². The Morgan fingerprint density at radius 3 is 2.55 bits per heavy atom. The van der Waals surface area contributed by atoms with Crippen molar-refractivity contribution >= 4 is 17.4 Å². The summed E-state index contributed by atoms with van der Waals surface area (Å²) in [6.07, 6.45) is 4.59. The van der Waals surface area contributed by atoms with Crippen LogP contribution < -0.4 is 5.73 Å². The van der Waals surface area contributed by atoms with Crippen molar-refractivity contribution < 1.29 is 0 Å². The highest BCUT2D eigenvalue weighted by molar-refractivity contribution is 6.30. The van der Waals surface area contributed by atoms with E-state index in [1.165, 1.54) is 0 Å². The standard InChI is InChI=1S/C16H22ClN3/c1-3-6-11(7-4-2)15-14(16(18)20-19-15)12-8-5-9-13(17)10-12/h5,8-11H,3-4,6-7H2,1-2H3,(H3,18,19,20). The highest BCUT2D eigenvalue weighted by Gasteiger charge is 2.20. The molecular weight excluding hydrogens is 270 g/mol. The molecule has 0 atom stereocenters. The number of hydrogen-bond acceptors (Lipinski definition) is 2. The Bertz CT molecular complexity index is 557. The summed E-state index contributed by atoms with van der Waals surface area (Å²) in [5, 5.41) is 8.08. The predicted octanol–water partition coefficient (Wildman–Crippen LogP) is 5.00. The summed E-state index contributed by atoms with van der Waals surface area (Å²) >= 11 is 6.10. The van der Waals surface area contributed by atoms with Gasteiger partial charge in [-0.3, -0.25) is 5.10 Å². The molecule has 0 aliphatic carbocycles. The first-order valence-electron chi connectivity index (χ1n) is 7.27. The van der Waals surface area contributed by atoms with Gasteiger partial charge >= 0.3 is 0 Å². The summed E-state index contributed by atoms with van der Waals surface area (Å²) in [5.74, 6) is 1.03. The van der Waals surface area contributed by atoms with E-state index in [-0.39, 0.29) is 0 Å². The zero-order valence-electron chi connectivity index (χ0n) is 12.1. The van der Waals surface area contributed by atoms with Crippen molar-refractivity contribution in [3.05, 3.63) is 35.0 Å². The third-order valence-corrected chi connectivity index (χ3v) is 3.85. The van der Waals surface area contributed by atoms with E-state index in [1.807, 2.05) is 24.3 Å². The molecule has 20 heavy (non-hydrogen) atoms. The number of nitrogens with zero attached hydrogens (tertiary/aromatic N) is 1. The first kappa shape index (κ1) is 14.9. The zero-order valence-corrected chi connectivity index (χ0v) is 12.9. The summed E-state index contributed by atoms with van der Waals surface area (Å²) in [4.78, 5) is 0. The first-order chi connectivity index (χ1) is 9.67. The summed E-state index contributed by atoms with van der Waals surface area (Å²) in [7, 11) is 0. The summed E-state index contributed by atoms with van der Waals surface area (Å²) < 4.78 is 0. The van der Waals surface area contributed by atoms with Crippen LogP contribution in [0, 0.1) is 0 Å².